The molecule has 0 spiro atoms. The third kappa shape index (κ3) is 3.06. The second-order valence-electron chi connectivity index (χ2n) is 6.70. The maximum atomic E-state index is 12.8. The van der Waals surface area contributed by atoms with Gasteiger partial charge in [-0.1, -0.05) is 12.1 Å². The molecule has 1 aromatic carbocycles. The van der Waals surface area contributed by atoms with Crippen LogP contribution in [0.4, 0.5) is 0 Å². The fourth-order valence-electron chi connectivity index (χ4n) is 3.63. The molecule has 1 fully saturated rings. The summed E-state index contributed by atoms with van der Waals surface area (Å²) in [5, 5.41) is 0. The van der Waals surface area contributed by atoms with Crippen molar-refractivity contribution in [2.75, 3.05) is 6.54 Å². The van der Waals surface area contributed by atoms with Gasteiger partial charge in [0, 0.05) is 17.8 Å². The largest absolute Gasteiger partial charge is 0.340 e. The van der Waals surface area contributed by atoms with Gasteiger partial charge in [0.05, 0.1) is 28.3 Å². The Morgan fingerprint density at radius 1 is 1.40 bits per heavy atom. The van der Waals surface area contributed by atoms with Gasteiger partial charge >= 0.3 is 0 Å². The number of carbonyl (C=O) groups excluding carboxylic acids is 1. The third-order valence-electron chi connectivity index (χ3n) is 5.03. The second-order valence-corrected chi connectivity index (χ2v) is 7.64. The molecule has 1 aliphatic rings. The Morgan fingerprint density at radius 3 is 3.04 bits per heavy atom. The SMILES string of the molecule is Cc1ncsc1CCC(=O)N1CCCC1c1nc2c(C)cccc2[nH]1. The molecule has 1 aliphatic heterocycles. The van der Waals surface area contributed by atoms with Crippen LogP contribution in [0.1, 0.15) is 47.3 Å². The number of carbonyl (C=O) groups is 1. The van der Waals surface area contributed by atoms with E-state index in [1.807, 2.05) is 29.5 Å². The third-order valence-corrected chi connectivity index (χ3v) is 6.03. The van der Waals surface area contributed by atoms with E-state index in [9.17, 15) is 4.79 Å². The molecule has 3 heterocycles. The van der Waals surface area contributed by atoms with E-state index in [-0.39, 0.29) is 11.9 Å². The first kappa shape index (κ1) is 16.3. The molecule has 1 atom stereocenters. The van der Waals surface area contributed by atoms with E-state index in [0.717, 1.165) is 53.9 Å². The molecule has 1 amide bonds. The highest BCUT2D eigenvalue weighted by atomic mass is 32.1. The van der Waals surface area contributed by atoms with Gasteiger partial charge in [0.1, 0.15) is 5.82 Å². The highest BCUT2D eigenvalue weighted by molar-refractivity contribution is 7.09. The van der Waals surface area contributed by atoms with Crippen LogP contribution in [0.5, 0.6) is 0 Å². The maximum Gasteiger partial charge on any atom is 0.223 e. The summed E-state index contributed by atoms with van der Waals surface area (Å²) < 4.78 is 0. The fraction of sp³-hybridized carbons (Fsp3) is 0.421. The number of likely N-dealkylation sites (tertiary alicyclic amines) is 1. The van der Waals surface area contributed by atoms with Crippen LogP contribution < -0.4 is 0 Å². The summed E-state index contributed by atoms with van der Waals surface area (Å²) in [6.07, 6.45) is 3.33. The molecule has 130 valence electrons. The molecule has 0 radical (unpaired) electrons. The number of fused-ring (bicyclic) bond motifs is 1. The molecule has 1 unspecified atom stereocenters. The monoisotopic (exact) mass is 354 g/mol. The summed E-state index contributed by atoms with van der Waals surface area (Å²) in [5.74, 6) is 1.14. The number of hydrogen-bond donors (Lipinski definition) is 1. The lowest BCUT2D eigenvalue weighted by Crippen LogP contribution is -2.31. The highest BCUT2D eigenvalue weighted by Crippen LogP contribution is 2.32. The molecule has 1 saturated heterocycles. The van der Waals surface area contributed by atoms with Crippen LogP contribution in [-0.2, 0) is 11.2 Å². The first-order valence-corrected chi connectivity index (χ1v) is 9.65. The number of rotatable bonds is 4. The minimum atomic E-state index is 0.0712. The van der Waals surface area contributed by atoms with Crippen molar-refractivity contribution in [3.05, 3.63) is 45.7 Å². The zero-order valence-electron chi connectivity index (χ0n) is 14.6. The van der Waals surface area contributed by atoms with Crippen LogP contribution in [0, 0.1) is 13.8 Å². The number of hydrogen-bond acceptors (Lipinski definition) is 4. The van der Waals surface area contributed by atoms with Crippen molar-refractivity contribution in [2.45, 2.75) is 45.6 Å². The zero-order chi connectivity index (χ0) is 17.4. The van der Waals surface area contributed by atoms with E-state index < -0.39 is 0 Å². The molecular weight excluding hydrogens is 332 g/mol. The van der Waals surface area contributed by atoms with Gasteiger partial charge in [0.15, 0.2) is 0 Å². The molecule has 0 saturated carbocycles. The van der Waals surface area contributed by atoms with Crippen LogP contribution >= 0.6 is 11.3 Å². The van der Waals surface area contributed by atoms with Crippen molar-refractivity contribution in [1.82, 2.24) is 19.9 Å². The van der Waals surface area contributed by atoms with Crippen molar-refractivity contribution < 1.29 is 4.79 Å². The molecular formula is C19H22N4OS. The molecule has 5 nitrogen and oxygen atoms in total. The average molecular weight is 354 g/mol. The molecule has 4 rings (SSSR count). The van der Waals surface area contributed by atoms with Crippen molar-refractivity contribution in [1.29, 1.82) is 0 Å². The Bertz CT molecular complexity index is 913. The first-order chi connectivity index (χ1) is 12.1. The summed E-state index contributed by atoms with van der Waals surface area (Å²) in [6.45, 7) is 4.90. The number of para-hydroxylation sites is 1. The number of aromatic nitrogens is 3. The number of thiazole rings is 1. The molecule has 0 aliphatic carbocycles. The van der Waals surface area contributed by atoms with Crippen LogP contribution in [0.3, 0.4) is 0 Å². The number of aryl methyl sites for hydroxylation is 3. The smallest absolute Gasteiger partial charge is 0.223 e. The lowest BCUT2D eigenvalue weighted by molar-refractivity contribution is -0.132. The predicted octanol–water partition coefficient (Wildman–Crippen LogP) is 3.93. The van der Waals surface area contributed by atoms with Gasteiger partial charge in [0.2, 0.25) is 5.91 Å². The summed E-state index contributed by atoms with van der Waals surface area (Å²) in [7, 11) is 0. The number of aromatic amines is 1. The molecule has 2 aromatic heterocycles. The molecule has 1 N–H and O–H groups in total. The molecule has 0 bridgehead atoms. The van der Waals surface area contributed by atoms with E-state index in [1.54, 1.807) is 11.3 Å². The van der Waals surface area contributed by atoms with Gasteiger partial charge in [-0.2, -0.15) is 0 Å². The van der Waals surface area contributed by atoms with Crippen molar-refractivity contribution in [2.24, 2.45) is 0 Å². The average Bonchev–Trinajstić information content (AvgIpc) is 3.31. The van der Waals surface area contributed by atoms with Crippen molar-refractivity contribution in [3.63, 3.8) is 0 Å². The quantitative estimate of drug-likeness (QED) is 0.772. The number of nitrogens with one attached hydrogen (secondary N) is 1. The fourth-order valence-corrected chi connectivity index (χ4v) is 4.41. The Balaban J connectivity index is 1.52. The number of nitrogens with zero attached hydrogens (tertiary/aromatic N) is 3. The van der Waals surface area contributed by atoms with Crippen LogP contribution in [0.25, 0.3) is 11.0 Å². The topological polar surface area (TPSA) is 61.9 Å². The van der Waals surface area contributed by atoms with E-state index in [0.29, 0.717) is 6.42 Å². The number of amides is 1. The van der Waals surface area contributed by atoms with E-state index in [2.05, 4.69) is 23.0 Å². The summed E-state index contributed by atoms with van der Waals surface area (Å²) in [6, 6.07) is 6.23. The minimum absolute atomic E-state index is 0.0712. The Kier molecular flexibility index (Phi) is 4.29. The summed E-state index contributed by atoms with van der Waals surface area (Å²) in [5.41, 5.74) is 6.12. The van der Waals surface area contributed by atoms with Crippen LogP contribution in [-0.4, -0.2) is 32.3 Å². The van der Waals surface area contributed by atoms with E-state index in [1.165, 1.54) is 4.88 Å². The Labute approximate surface area is 151 Å². The van der Waals surface area contributed by atoms with Crippen LogP contribution in [0.15, 0.2) is 23.7 Å². The highest BCUT2D eigenvalue weighted by Gasteiger charge is 2.32. The zero-order valence-corrected chi connectivity index (χ0v) is 15.4. The Hall–Kier alpha value is -2.21. The number of imidazole rings is 1. The predicted molar refractivity (Wildman–Crippen MR) is 99.7 cm³/mol. The lowest BCUT2D eigenvalue weighted by Gasteiger charge is -2.23. The van der Waals surface area contributed by atoms with Gasteiger partial charge < -0.3 is 9.88 Å². The van der Waals surface area contributed by atoms with Crippen LogP contribution in [0.2, 0.25) is 0 Å². The molecule has 25 heavy (non-hydrogen) atoms. The first-order valence-electron chi connectivity index (χ1n) is 8.77. The number of benzene rings is 1. The summed E-state index contributed by atoms with van der Waals surface area (Å²) >= 11 is 1.64. The standard InChI is InChI=1S/C19H22N4OS/c1-12-5-3-6-14-18(12)22-19(21-14)15-7-4-10-23(15)17(24)9-8-16-13(2)20-11-25-16/h3,5-6,11,15H,4,7-10H2,1-2H3,(H,21,22). The Morgan fingerprint density at radius 2 is 2.28 bits per heavy atom. The van der Waals surface area contributed by atoms with Gasteiger partial charge in [-0.25, -0.2) is 9.97 Å². The summed E-state index contributed by atoms with van der Waals surface area (Å²) in [4.78, 5) is 28.5. The molecule has 6 heteroatoms. The molecule has 3 aromatic rings. The lowest BCUT2D eigenvalue weighted by atomic mass is 10.2. The van der Waals surface area contributed by atoms with E-state index >= 15 is 0 Å². The minimum Gasteiger partial charge on any atom is -0.340 e. The van der Waals surface area contributed by atoms with Gasteiger partial charge in [0.25, 0.3) is 0 Å². The maximum absolute atomic E-state index is 12.8. The van der Waals surface area contributed by atoms with E-state index in [4.69, 9.17) is 4.98 Å². The number of H-pyrrole nitrogens is 1. The normalized spacial score (nSPS) is 17.5. The second kappa shape index (κ2) is 6.59. The van der Waals surface area contributed by atoms with Crippen molar-refractivity contribution >= 4 is 28.3 Å². The van der Waals surface area contributed by atoms with Gasteiger partial charge in [-0.15, -0.1) is 11.3 Å². The van der Waals surface area contributed by atoms with Gasteiger partial charge in [-0.05, 0) is 44.7 Å². The van der Waals surface area contributed by atoms with Gasteiger partial charge in [-0.3, -0.25) is 4.79 Å². The van der Waals surface area contributed by atoms with Crippen molar-refractivity contribution in [3.8, 4) is 0 Å².